The zero-order valence-corrected chi connectivity index (χ0v) is 10.1. The topological polar surface area (TPSA) is 39.1 Å². The minimum absolute atomic E-state index is 0.0515. The predicted molar refractivity (Wildman–Crippen MR) is 59.1 cm³/mol. The van der Waals surface area contributed by atoms with Crippen LogP contribution < -0.4 is 5.32 Å². The molecule has 1 saturated heterocycles. The highest BCUT2D eigenvalue weighted by Crippen LogP contribution is 2.29. The lowest BCUT2D eigenvalue weighted by atomic mass is 10.2. The van der Waals surface area contributed by atoms with Crippen LogP contribution in [0.2, 0.25) is 0 Å². The Morgan fingerprint density at radius 1 is 1.44 bits per heavy atom. The van der Waals surface area contributed by atoms with Crippen molar-refractivity contribution in [3.05, 3.63) is 18.0 Å². The fraction of sp³-hybridized carbons (Fsp3) is 0.727. The standard InChI is InChI=1S/C11H16F3N3O/c1-15-5-9-2-3-10(18-9)7-17-6-8(4-16-17)11(12,13)14/h4,6,9-10,15H,2-3,5,7H2,1H3. The zero-order valence-electron chi connectivity index (χ0n) is 10.1. The van der Waals surface area contributed by atoms with Gasteiger partial charge < -0.3 is 10.1 Å². The number of halogens is 3. The van der Waals surface area contributed by atoms with E-state index in [9.17, 15) is 13.2 Å². The Kier molecular flexibility index (Phi) is 3.91. The SMILES string of the molecule is CNCC1CCC(Cn2cc(C(F)(F)F)cn2)O1. The van der Waals surface area contributed by atoms with E-state index in [-0.39, 0.29) is 12.2 Å². The summed E-state index contributed by atoms with van der Waals surface area (Å²) in [4.78, 5) is 0. The molecule has 0 radical (unpaired) electrons. The maximum absolute atomic E-state index is 12.4. The van der Waals surface area contributed by atoms with Gasteiger partial charge >= 0.3 is 6.18 Å². The molecule has 0 aliphatic carbocycles. The van der Waals surface area contributed by atoms with E-state index in [0.717, 1.165) is 31.8 Å². The number of hydrogen-bond donors (Lipinski definition) is 1. The summed E-state index contributed by atoms with van der Waals surface area (Å²) >= 11 is 0. The smallest absolute Gasteiger partial charge is 0.372 e. The first-order valence-electron chi connectivity index (χ1n) is 5.88. The summed E-state index contributed by atoms with van der Waals surface area (Å²) in [6, 6.07) is 0. The number of hydrogen-bond acceptors (Lipinski definition) is 3. The summed E-state index contributed by atoms with van der Waals surface area (Å²) in [6.07, 6.45) is -0.577. The van der Waals surface area contributed by atoms with Crippen LogP contribution in [0.25, 0.3) is 0 Å². The first kappa shape index (κ1) is 13.4. The van der Waals surface area contributed by atoms with E-state index in [1.807, 2.05) is 7.05 Å². The monoisotopic (exact) mass is 263 g/mol. The molecule has 0 saturated carbocycles. The Balaban J connectivity index is 1.89. The summed E-state index contributed by atoms with van der Waals surface area (Å²) in [5.41, 5.74) is -0.715. The number of rotatable bonds is 4. The highest BCUT2D eigenvalue weighted by molar-refractivity contribution is 5.08. The Hall–Kier alpha value is -1.08. The van der Waals surface area contributed by atoms with E-state index >= 15 is 0 Å². The number of aromatic nitrogens is 2. The van der Waals surface area contributed by atoms with Gasteiger partial charge in [-0.3, -0.25) is 4.68 Å². The minimum Gasteiger partial charge on any atom is -0.372 e. The average Bonchev–Trinajstić information content (AvgIpc) is 2.88. The molecule has 0 amide bonds. The maximum atomic E-state index is 12.4. The quantitative estimate of drug-likeness (QED) is 0.898. The Labute approximate surface area is 103 Å². The molecule has 102 valence electrons. The van der Waals surface area contributed by atoms with Crippen LogP contribution in [0.4, 0.5) is 13.2 Å². The van der Waals surface area contributed by atoms with E-state index in [0.29, 0.717) is 6.54 Å². The summed E-state index contributed by atoms with van der Waals surface area (Å²) in [5.74, 6) is 0. The van der Waals surface area contributed by atoms with Crippen molar-refractivity contribution >= 4 is 0 Å². The van der Waals surface area contributed by atoms with Gasteiger partial charge in [0.1, 0.15) is 0 Å². The number of ether oxygens (including phenoxy) is 1. The molecule has 1 fully saturated rings. The van der Waals surface area contributed by atoms with Crippen LogP contribution in [0.1, 0.15) is 18.4 Å². The van der Waals surface area contributed by atoms with Gasteiger partial charge in [0.15, 0.2) is 0 Å². The van der Waals surface area contributed by atoms with Crippen LogP contribution in [0.3, 0.4) is 0 Å². The van der Waals surface area contributed by atoms with Gasteiger partial charge in [0.25, 0.3) is 0 Å². The van der Waals surface area contributed by atoms with E-state index in [2.05, 4.69) is 10.4 Å². The summed E-state index contributed by atoms with van der Waals surface area (Å²) in [6.45, 7) is 1.14. The fourth-order valence-corrected chi connectivity index (χ4v) is 2.11. The normalized spacial score (nSPS) is 24.7. The van der Waals surface area contributed by atoms with Gasteiger partial charge in [0.05, 0.1) is 30.5 Å². The molecule has 1 aliphatic rings. The van der Waals surface area contributed by atoms with Crippen molar-refractivity contribution in [3.8, 4) is 0 Å². The van der Waals surface area contributed by atoms with Gasteiger partial charge in [-0.15, -0.1) is 0 Å². The van der Waals surface area contributed by atoms with Gasteiger partial charge in [0, 0.05) is 12.7 Å². The van der Waals surface area contributed by atoms with E-state index in [4.69, 9.17) is 4.74 Å². The number of nitrogens with one attached hydrogen (secondary N) is 1. The number of likely N-dealkylation sites (N-methyl/N-ethyl adjacent to an activating group) is 1. The molecule has 0 aromatic carbocycles. The van der Waals surface area contributed by atoms with Crippen molar-refractivity contribution in [2.45, 2.75) is 37.8 Å². The summed E-state index contributed by atoms with van der Waals surface area (Å²) in [5, 5.41) is 6.74. The largest absolute Gasteiger partial charge is 0.419 e. The molecule has 7 heteroatoms. The second-order valence-corrected chi connectivity index (χ2v) is 4.46. The fourth-order valence-electron chi connectivity index (χ4n) is 2.11. The Morgan fingerprint density at radius 2 is 2.17 bits per heavy atom. The maximum Gasteiger partial charge on any atom is 0.419 e. The molecular formula is C11H16F3N3O. The molecule has 1 aliphatic heterocycles. The van der Waals surface area contributed by atoms with Crippen LogP contribution >= 0.6 is 0 Å². The average molecular weight is 263 g/mol. The molecule has 1 N–H and O–H groups in total. The second-order valence-electron chi connectivity index (χ2n) is 4.46. The first-order chi connectivity index (χ1) is 8.49. The lowest BCUT2D eigenvalue weighted by Gasteiger charge is -2.13. The van der Waals surface area contributed by atoms with Crippen LogP contribution in [0, 0.1) is 0 Å². The lowest BCUT2D eigenvalue weighted by molar-refractivity contribution is -0.137. The zero-order chi connectivity index (χ0) is 13.2. The van der Waals surface area contributed by atoms with Gasteiger partial charge in [0.2, 0.25) is 0 Å². The Morgan fingerprint density at radius 3 is 2.78 bits per heavy atom. The second kappa shape index (κ2) is 5.27. The number of alkyl halides is 3. The molecule has 0 spiro atoms. The molecule has 4 nitrogen and oxygen atoms in total. The van der Waals surface area contributed by atoms with Crippen molar-refractivity contribution in [1.29, 1.82) is 0 Å². The molecule has 2 rings (SSSR count). The molecule has 18 heavy (non-hydrogen) atoms. The van der Waals surface area contributed by atoms with Gasteiger partial charge in [-0.05, 0) is 19.9 Å². The predicted octanol–water partition coefficient (Wildman–Crippen LogP) is 1.67. The van der Waals surface area contributed by atoms with Crippen molar-refractivity contribution in [2.24, 2.45) is 0 Å². The lowest BCUT2D eigenvalue weighted by Crippen LogP contribution is -2.25. The van der Waals surface area contributed by atoms with Crippen LogP contribution in [0.5, 0.6) is 0 Å². The van der Waals surface area contributed by atoms with E-state index < -0.39 is 11.7 Å². The summed E-state index contributed by atoms with van der Waals surface area (Å²) < 4.78 is 44.1. The van der Waals surface area contributed by atoms with Gasteiger partial charge in [-0.1, -0.05) is 0 Å². The number of nitrogens with zero attached hydrogens (tertiary/aromatic N) is 2. The van der Waals surface area contributed by atoms with Crippen molar-refractivity contribution in [3.63, 3.8) is 0 Å². The van der Waals surface area contributed by atoms with Crippen LogP contribution in [-0.2, 0) is 17.5 Å². The van der Waals surface area contributed by atoms with Crippen molar-refractivity contribution in [2.75, 3.05) is 13.6 Å². The highest BCUT2D eigenvalue weighted by atomic mass is 19.4. The first-order valence-corrected chi connectivity index (χ1v) is 5.88. The molecule has 0 bridgehead atoms. The van der Waals surface area contributed by atoms with Crippen molar-refractivity contribution < 1.29 is 17.9 Å². The molecular weight excluding hydrogens is 247 g/mol. The molecule has 2 atom stereocenters. The van der Waals surface area contributed by atoms with Gasteiger partial charge in [-0.25, -0.2) is 0 Å². The van der Waals surface area contributed by atoms with Crippen LogP contribution in [0.15, 0.2) is 12.4 Å². The molecule has 1 aromatic rings. The minimum atomic E-state index is -4.33. The molecule has 2 heterocycles. The van der Waals surface area contributed by atoms with Gasteiger partial charge in [-0.2, -0.15) is 18.3 Å². The third-order valence-electron chi connectivity index (χ3n) is 2.98. The Bertz CT molecular complexity index is 391. The highest BCUT2D eigenvalue weighted by Gasteiger charge is 2.32. The van der Waals surface area contributed by atoms with E-state index in [1.54, 1.807) is 0 Å². The third-order valence-corrected chi connectivity index (χ3v) is 2.98. The summed E-state index contributed by atoms with van der Waals surface area (Å²) in [7, 11) is 1.85. The molecule has 1 aromatic heterocycles. The van der Waals surface area contributed by atoms with Crippen LogP contribution in [-0.4, -0.2) is 35.6 Å². The third kappa shape index (κ3) is 3.23. The van der Waals surface area contributed by atoms with Crippen molar-refractivity contribution in [1.82, 2.24) is 15.1 Å². The molecule has 2 unspecified atom stereocenters. The van der Waals surface area contributed by atoms with E-state index in [1.165, 1.54) is 4.68 Å².